The summed E-state index contributed by atoms with van der Waals surface area (Å²) < 4.78 is 91.2. The van der Waals surface area contributed by atoms with Crippen LogP contribution in [0.25, 0.3) is 0 Å². The van der Waals surface area contributed by atoms with Crippen LogP contribution in [0.1, 0.15) is 15.9 Å². The van der Waals surface area contributed by atoms with Crippen molar-refractivity contribution in [2.45, 2.75) is 11.1 Å². The molecule has 192 valence electrons. The standard InChI is InChI=1S/C21H16Cl2F3N3O5S2/c1-35(31,32)29-19-9-2-12(10-18(19)23)20(30)27-13-3-6-15(7-4-13)36(33,34)28-14-5-8-17(22)16(11-14)21(24,25)26/h2-11,28-29H,1H3,(H,27,30). The highest BCUT2D eigenvalue weighted by atomic mass is 35.5. The lowest BCUT2D eigenvalue weighted by molar-refractivity contribution is -0.137. The predicted molar refractivity (Wildman–Crippen MR) is 132 cm³/mol. The van der Waals surface area contributed by atoms with E-state index in [1.54, 1.807) is 0 Å². The van der Waals surface area contributed by atoms with Crippen LogP contribution in [0.4, 0.5) is 30.2 Å². The highest BCUT2D eigenvalue weighted by Gasteiger charge is 2.33. The van der Waals surface area contributed by atoms with E-state index in [1.807, 2.05) is 0 Å². The van der Waals surface area contributed by atoms with Crippen LogP contribution in [0, 0.1) is 0 Å². The van der Waals surface area contributed by atoms with Crippen molar-refractivity contribution in [2.75, 3.05) is 21.0 Å². The highest BCUT2D eigenvalue weighted by molar-refractivity contribution is 7.92. The van der Waals surface area contributed by atoms with E-state index in [1.165, 1.54) is 30.3 Å². The van der Waals surface area contributed by atoms with Gasteiger partial charge in [-0.2, -0.15) is 13.2 Å². The van der Waals surface area contributed by atoms with E-state index >= 15 is 0 Å². The summed E-state index contributed by atoms with van der Waals surface area (Å²) in [5, 5.41) is 1.93. The fourth-order valence-corrected chi connectivity index (χ4v) is 5.02. The summed E-state index contributed by atoms with van der Waals surface area (Å²) in [5.41, 5.74) is -1.14. The monoisotopic (exact) mass is 581 g/mol. The third-order valence-corrected chi connectivity index (χ3v) is 7.10. The van der Waals surface area contributed by atoms with Crippen LogP contribution < -0.4 is 14.8 Å². The van der Waals surface area contributed by atoms with Gasteiger partial charge in [0.05, 0.1) is 32.4 Å². The minimum absolute atomic E-state index is 0.0172. The van der Waals surface area contributed by atoms with Crippen molar-refractivity contribution in [3.05, 3.63) is 81.8 Å². The van der Waals surface area contributed by atoms with Crippen molar-refractivity contribution >= 4 is 66.2 Å². The number of halogens is 5. The van der Waals surface area contributed by atoms with E-state index in [4.69, 9.17) is 23.2 Å². The van der Waals surface area contributed by atoms with Gasteiger partial charge in [0.25, 0.3) is 15.9 Å². The maximum absolute atomic E-state index is 13.0. The lowest BCUT2D eigenvalue weighted by Gasteiger charge is -2.13. The molecule has 0 bridgehead atoms. The molecule has 0 saturated carbocycles. The summed E-state index contributed by atoms with van der Waals surface area (Å²) in [5.74, 6) is -0.614. The largest absolute Gasteiger partial charge is 0.417 e. The molecular formula is C21H16Cl2F3N3O5S2. The molecule has 0 aliphatic rings. The van der Waals surface area contributed by atoms with Gasteiger partial charge in [0.15, 0.2) is 0 Å². The Balaban J connectivity index is 1.73. The fraction of sp³-hybridized carbons (Fsp3) is 0.0952. The molecule has 3 N–H and O–H groups in total. The summed E-state index contributed by atoms with van der Waals surface area (Å²) in [4.78, 5) is 12.2. The fourth-order valence-electron chi connectivity index (χ4n) is 2.88. The van der Waals surface area contributed by atoms with E-state index < -0.39 is 42.7 Å². The summed E-state index contributed by atoms with van der Waals surface area (Å²) >= 11 is 11.6. The zero-order valence-corrected chi connectivity index (χ0v) is 21.2. The zero-order valence-electron chi connectivity index (χ0n) is 18.0. The normalized spacial score (nSPS) is 12.2. The summed E-state index contributed by atoms with van der Waals surface area (Å²) in [6, 6.07) is 11.3. The van der Waals surface area contributed by atoms with Crippen molar-refractivity contribution in [1.29, 1.82) is 0 Å². The lowest BCUT2D eigenvalue weighted by Crippen LogP contribution is -2.15. The van der Waals surface area contributed by atoms with Gasteiger partial charge in [0, 0.05) is 16.9 Å². The number of carbonyl (C=O) groups excluding carboxylic acids is 1. The van der Waals surface area contributed by atoms with Gasteiger partial charge in [0.1, 0.15) is 0 Å². The Bertz CT molecular complexity index is 1530. The number of hydrogen-bond donors (Lipinski definition) is 3. The Kier molecular flexibility index (Phi) is 7.79. The Hall–Kier alpha value is -3.00. The molecule has 36 heavy (non-hydrogen) atoms. The first-order chi connectivity index (χ1) is 16.5. The van der Waals surface area contributed by atoms with Crippen LogP contribution in [0.15, 0.2) is 65.6 Å². The molecule has 0 atom stereocenters. The second kappa shape index (κ2) is 10.2. The zero-order chi connectivity index (χ0) is 26.9. The number of benzene rings is 3. The molecule has 3 rings (SSSR count). The topological polar surface area (TPSA) is 121 Å². The maximum atomic E-state index is 13.0. The Labute approximate surface area is 214 Å². The summed E-state index contributed by atoms with van der Waals surface area (Å²) in [6.07, 6.45) is -3.83. The average molecular weight is 582 g/mol. The quantitative estimate of drug-likeness (QED) is 0.343. The summed E-state index contributed by atoms with van der Waals surface area (Å²) in [7, 11) is -7.83. The van der Waals surface area contributed by atoms with Crippen LogP contribution in [0.2, 0.25) is 10.0 Å². The van der Waals surface area contributed by atoms with Crippen LogP contribution in [0.3, 0.4) is 0 Å². The molecule has 15 heteroatoms. The first-order valence-corrected chi connectivity index (χ1v) is 13.8. The molecule has 0 aliphatic heterocycles. The maximum Gasteiger partial charge on any atom is 0.417 e. The first kappa shape index (κ1) is 27.6. The minimum Gasteiger partial charge on any atom is -0.322 e. The first-order valence-electron chi connectivity index (χ1n) is 9.63. The number of carbonyl (C=O) groups is 1. The van der Waals surface area contributed by atoms with E-state index in [2.05, 4.69) is 14.8 Å². The van der Waals surface area contributed by atoms with Crippen molar-refractivity contribution in [3.63, 3.8) is 0 Å². The molecule has 0 fully saturated rings. The Morgan fingerprint density at radius 1 is 0.806 bits per heavy atom. The molecule has 0 aliphatic carbocycles. The van der Waals surface area contributed by atoms with Crippen LogP contribution >= 0.6 is 23.2 Å². The van der Waals surface area contributed by atoms with Gasteiger partial charge in [-0.15, -0.1) is 0 Å². The lowest BCUT2D eigenvalue weighted by atomic mass is 10.2. The Morgan fingerprint density at radius 2 is 1.42 bits per heavy atom. The second-order valence-corrected chi connectivity index (χ2v) is 11.6. The molecule has 0 spiro atoms. The SMILES string of the molecule is CS(=O)(=O)Nc1ccc(C(=O)Nc2ccc(S(=O)(=O)Nc3ccc(Cl)c(C(F)(F)F)c3)cc2)cc1Cl. The molecule has 0 saturated heterocycles. The van der Waals surface area contributed by atoms with Gasteiger partial charge in [-0.1, -0.05) is 23.2 Å². The third-order valence-electron chi connectivity index (χ3n) is 4.47. The number of anilines is 3. The van der Waals surface area contributed by atoms with Gasteiger partial charge in [-0.25, -0.2) is 16.8 Å². The molecule has 0 unspecified atom stereocenters. The number of amides is 1. The molecule has 3 aromatic carbocycles. The van der Waals surface area contributed by atoms with Gasteiger partial charge in [-0.05, 0) is 60.7 Å². The van der Waals surface area contributed by atoms with E-state index in [0.29, 0.717) is 6.07 Å². The number of rotatable bonds is 7. The van der Waals surface area contributed by atoms with E-state index in [-0.39, 0.29) is 32.5 Å². The predicted octanol–water partition coefficient (Wildman–Crippen LogP) is 5.44. The van der Waals surface area contributed by atoms with Gasteiger partial charge >= 0.3 is 6.18 Å². The van der Waals surface area contributed by atoms with Crippen molar-refractivity contribution < 1.29 is 34.8 Å². The highest BCUT2D eigenvalue weighted by Crippen LogP contribution is 2.36. The van der Waals surface area contributed by atoms with Crippen molar-refractivity contribution in [3.8, 4) is 0 Å². The number of alkyl halides is 3. The molecule has 8 nitrogen and oxygen atoms in total. The third kappa shape index (κ3) is 7.03. The Morgan fingerprint density at radius 3 is 1.97 bits per heavy atom. The molecular weight excluding hydrogens is 566 g/mol. The molecule has 0 radical (unpaired) electrons. The minimum atomic E-state index is -4.77. The van der Waals surface area contributed by atoms with Crippen LogP contribution in [0.5, 0.6) is 0 Å². The molecule has 0 aromatic heterocycles. The number of nitrogens with one attached hydrogen (secondary N) is 3. The molecule has 3 aromatic rings. The van der Waals surface area contributed by atoms with Gasteiger partial charge < -0.3 is 5.32 Å². The van der Waals surface area contributed by atoms with Crippen molar-refractivity contribution in [1.82, 2.24) is 0 Å². The van der Waals surface area contributed by atoms with Crippen LogP contribution in [-0.4, -0.2) is 29.0 Å². The molecule has 0 heterocycles. The van der Waals surface area contributed by atoms with E-state index in [9.17, 15) is 34.8 Å². The summed E-state index contributed by atoms with van der Waals surface area (Å²) in [6.45, 7) is 0. The van der Waals surface area contributed by atoms with Crippen molar-refractivity contribution in [2.24, 2.45) is 0 Å². The van der Waals surface area contributed by atoms with Crippen LogP contribution in [-0.2, 0) is 26.2 Å². The second-order valence-electron chi connectivity index (χ2n) is 7.35. The average Bonchev–Trinajstić information content (AvgIpc) is 2.75. The van der Waals surface area contributed by atoms with Gasteiger partial charge in [-0.3, -0.25) is 14.2 Å². The van der Waals surface area contributed by atoms with Gasteiger partial charge in [0.2, 0.25) is 10.0 Å². The molecule has 1 amide bonds. The number of sulfonamides is 2. The smallest absolute Gasteiger partial charge is 0.322 e. The van der Waals surface area contributed by atoms with E-state index in [0.717, 1.165) is 30.5 Å². The number of hydrogen-bond acceptors (Lipinski definition) is 5.